The molecular weight excluding hydrogens is 336 g/mol. The highest BCUT2D eigenvalue weighted by Crippen LogP contribution is 2.25. The number of nitrogens with zero attached hydrogens (tertiary/aromatic N) is 2. The molecule has 2 amide bonds. The fourth-order valence-electron chi connectivity index (χ4n) is 2.26. The Kier molecular flexibility index (Phi) is 5.62. The lowest BCUT2D eigenvalue weighted by atomic mass is 10.2. The van der Waals surface area contributed by atoms with Gasteiger partial charge in [0.05, 0.1) is 0 Å². The van der Waals surface area contributed by atoms with Crippen molar-refractivity contribution in [2.45, 2.75) is 6.54 Å². The molecule has 0 saturated carbocycles. The van der Waals surface area contributed by atoms with Crippen molar-refractivity contribution in [3.05, 3.63) is 58.6 Å². The van der Waals surface area contributed by atoms with Crippen LogP contribution in [0.5, 0.6) is 0 Å². The van der Waals surface area contributed by atoms with Crippen LogP contribution in [0, 0.1) is 11.6 Å². The Morgan fingerprint density at radius 1 is 1.12 bits per heavy atom. The molecule has 2 rings (SSSR count). The molecule has 1 N–H and O–H groups in total. The lowest BCUT2D eigenvalue weighted by Crippen LogP contribution is -2.31. The van der Waals surface area contributed by atoms with E-state index in [1.165, 1.54) is 9.80 Å². The summed E-state index contributed by atoms with van der Waals surface area (Å²) < 4.78 is 27.9. The summed E-state index contributed by atoms with van der Waals surface area (Å²) in [6.45, 7) is 0.313. The topological polar surface area (TPSA) is 35.6 Å². The van der Waals surface area contributed by atoms with Gasteiger partial charge in [-0.15, -0.1) is 0 Å². The SMILES string of the molecule is CN(Cc1cccc(Cl)c1)C(=O)Nc1cc(F)c(N(C)C)c(F)c1. The molecule has 2 aromatic carbocycles. The second kappa shape index (κ2) is 7.49. The monoisotopic (exact) mass is 353 g/mol. The number of anilines is 2. The Morgan fingerprint density at radius 3 is 2.29 bits per heavy atom. The zero-order valence-electron chi connectivity index (χ0n) is 13.6. The van der Waals surface area contributed by atoms with Crippen molar-refractivity contribution in [1.29, 1.82) is 0 Å². The predicted octanol–water partition coefficient (Wildman–Crippen LogP) is 4.35. The average molecular weight is 354 g/mol. The van der Waals surface area contributed by atoms with Gasteiger partial charge >= 0.3 is 6.03 Å². The van der Waals surface area contributed by atoms with Gasteiger partial charge in [-0.1, -0.05) is 23.7 Å². The van der Waals surface area contributed by atoms with Crippen LogP contribution in [-0.4, -0.2) is 32.1 Å². The molecular formula is C17H18ClF2N3O. The molecule has 0 aliphatic rings. The molecule has 24 heavy (non-hydrogen) atoms. The molecule has 128 valence electrons. The van der Waals surface area contributed by atoms with Gasteiger partial charge in [0.15, 0.2) is 11.6 Å². The molecule has 0 radical (unpaired) electrons. The van der Waals surface area contributed by atoms with Crippen molar-refractivity contribution in [3.8, 4) is 0 Å². The van der Waals surface area contributed by atoms with E-state index in [-0.39, 0.29) is 11.4 Å². The standard InChI is InChI=1S/C17H18ClF2N3O/c1-22(2)16-14(19)8-13(9-15(16)20)21-17(24)23(3)10-11-5-4-6-12(18)7-11/h4-9H,10H2,1-3H3,(H,21,24). The molecule has 0 atom stereocenters. The van der Waals surface area contributed by atoms with Gasteiger partial charge in [-0.05, 0) is 29.8 Å². The lowest BCUT2D eigenvalue weighted by Gasteiger charge is -2.19. The number of amides is 2. The smallest absolute Gasteiger partial charge is 0.321 e. The van der Waals surface area contributed by atoms with Crippen LogP contribution in [0.2, 0.25) is 5.02 Å². The van der Waals surface area contributed by atoms with Gasteiger partial charge in [0.2, 0.25) is 0 Å². The molecule has 7 heteroatoms. The van der Waals surface area contributed by atoms with E-state index in [4.69, 9.17) is 11.6 Å². The third-order valence-electron chi connectivity index (χ3n) is 3.37. The van der Waals surface area contributed by atoms with Crippen LogP contribution in [0.15, 0.2) is 36.4 Å². The summed E-state index contributed by atoms with van der Waals surface area (Å²) in [6.07, 6.45) is 0. The van der Waals surface area contributed by atoms with E-state index in [2.05, 4.69) is 5.32 Å². The van der Waals surface area contributed by atoms with Crippen LogP contribution < -0.4 is 10.2 Å². The number of urea groups is 1. The molecule has 0 aromatic heterocycles. The van der Waals surface area contributed by atoms with Crippen LogP contribution in [-0.2, 0) is 6.54 Å². The minimum atomic E-state index is -0.743. The van der Waals surface area contributed by atoms with Gasteiger partial charge < -0.3 is 15.1 Å². The molecule has 0 saturated heterocycles. The third kappa shape index (κ3) is 4.35. The molecule has 0 heterocycles. The van der Waals surface area contributed by atoms with Crippen LogP contribution in [0.25, 0.3) is 0 Å². The maximum atomic E-state index is 13.9. The lowest BCUT2D eigenvalue weighted by molar-refractivity contribution is 0.220. The number of rotatable bonds is 4. The normalized spacial score (nSPS) is 10.4. The van der Waals surface area contributed by atoms with Gasteiger partial charge in [-0.2, -0.15) is 0 Å². The van der Waals surface area contributed by atoms with Gasteiger partial charge in [0.1, 0.15) is 5.69 Å². The number of nitrogens with one attached hydrogen (secondary N) is 1. The van der Waals surface area contributed by atoms with Gasteiger partial charge in [0.25, 0.3) is 0 Å². The molecule has 0 aliphatic heterocycles. The first-order valence-electron chi connectivity index (χ1n) is 7.21. The number of carbonyl (C=O) groups excluding carboxylic acids is 1. The Bertz CT molecular complexity index is 729. The summed E-state index contributed by atoms with van der Waals surface area (Å²) >= 11 is 5.91. The molecule has 0 spiro atoms. The van der Waals surface area contributed by atoms with Crippen molar-refractivity contribution in [1.82, 2.24) is 4.90 Å². The highest BCUT2D eigenvalue weighted by Gasteiger charge is 2.15. The van der Waals surface area contributed by atoms with E-state index in [1.807, 2.05) is 6.07 Å². The fraction of sp³-hybridized carbons (Fsp3) is 0.235. The van der Waals surface area contributed by atoms with Crippen molar-refractivity contribution in [2.24, 2.45) is 0 Å². The first-order valence-corrected chi connectivity index (χ1v) is 7.58. The minimum absolute atomic E-state index is 0.0542. The summed E-state index contributed by atoms with van der Waals surface area (Å²) in [5, 5.41) is 3.05. The van der Waals surface area contributed by atoms with Gasteiger partial charge in [0, 0.05) is 38.4 Å². The second-order valence-corrected chi connectivity index (χ2v) is 6.04. The molecule has 0 aliphatic carbocycles. The summed E-state index contributed by atoms with van der Waals surface area (Å²) in [6, 6.07) is 8.80. The van der Waals surface area contributed by atoms with E-state index in [9.17, 15) is 13.6 Å². The Balaban J connectivity index is 2.09. The molecule has 4 nitrogen and oxygen atoms in total. The molecule has 0 unspecified atom stereocenters. The third-order valence-corrected chi connectivity index (χ3v) is 3.61. The van der Waals surface area contributed by atoms with Crippen molar-refractivity contribution in [3.63, 3.8) is 0 Å². The molecule has 0 fully saturated rings. The van der Waals surface area contributed by atoms with E-state index in [1.54, 1.807) is 39.3 Å². The maximum Gasteiger partial charge on any atom is 0.321 e. The predicted molar refractivity (Wildman–Crippen MR) is 92.6 cm³/mol. The van der Waals surface area contributed by atoms with Crippen molar-refractivity contribution >= 4 is 29.0 Å². The van der Waals surface area contributed by atoms with E-state index in [0.29, 0.717) is 11.6 Å². The minimum Gasteiger partial charge on any atom is -0.373 e. The highest BCUT2D eigenvalue weighted by atomic mass is 35.5. The maximum absolute atomic E-state index is 13.9. The first kappa shape index (κ1) is 18.0. The van der Waals surface area contributed by atoms with E-state index in [0.717, 1.165) is 17.7 Å². The fourth-order valence-corrected chi connectivity index (χ4v) is 2.48. The Labute approximate surface area is 144 Å². The zero-order valence-corrected chi connectivity index (χ0v) is 14.4. The number of hydrogen-bond donors (Lipinski definition) is 1. The quantitative estimate of drug-likeness (QED) is 0.887. The van der Waals surface area contributed by atoms with E-state index < -0.39 is 17.7 Å². The van der Waals surface area contributed by atoms with Crippen LogP contribution in [0.1, 0.15) is 5.56 Å². The van der Waals surface area contributed by atoms with E-state index >= 15 is 0 Å². The Hall–Kier alpha value is -2.34. The summed E-state index contributed by atoms with van der Waals surface area (Å²) in [5.74, 6) is -1.49. The van der Waals surface area contributed by atoms with Gasteiger partial charge in [-0.3, -0.25) is 0 Å². The summed E-state index contributed by atoms with van der Waals surface area (Å²) in [4.78, 5) is 14.9. The molecule has 0 bridgehead atoms. The number of carbonyl (C=O) groups is 1. The highest BCUT2D eigenvalue weighted by molar-refractivity contribution is 6.30. The van der Waals surface area contributed by atoms with Crippen molar-refractivity contribution in [2.75, 3.05) is 31.4 Å². The van der Waals surface area contributed by atoms with Crippen LogP contribution >= 0.6 is 11.6 Å². The summed E-state index contributed by atoms with van der Waals surface area (Å²) in [5.41, 5.74) is 0.749. The number of halogens is 3. The average Bonchev–Trinajstić information content (AvgIpc) is 2.45. The number of benzene rings is 2. The van der Waals surface area contributed by atoms with Crippen LogP contribution in [0.3, 0.4) is 0 Å². The van der Waals surface area contributed by atoms with Gasteiger partial charge in [-0.25, -0.2) is 13.6 Å². The zero-order chi connectivity index (χ0) is 17.9. The summed E-state index contributed by atoms with van der Waals surface area (Å²) in [7, 11) is 4.66. The van der Waals surface area contributed by atoms with Crippen molar-refractivity contribution < 1.29 is 13.6 Å². The second-order valence-electron chi connectivity index (χ2n) is 5.60. The molecule has 2 aromatic rings. The Morgan fingerprint density at radius 2 is 1.75 bits per heavy atom. The number of hydrogen-bond acceptors (Lipinski definition) is 2. The van der Waals surface area contributed by atoms with Crippen LogP contribution in [0.4, 0.5) is 25.0 Å². The first-order chi connectivity index (χ1) is 11.3. The largest absolute Gasteiger partial charge is 0.373 e.